The maximum Gasteiger partial charge on any atom is 0.416 e. The molecule has 0 unspecified atom stereocenters. The van der Waals surface area contributed by atoms with Crippen molar-refractivity contribution >= 4 is 29.9 Å². The van der Waals surface area contributed by atoms with Gasteiger partial charge >= 0.3 is 6.18 Å². The van der Waals surface area contributed by atoms with Crippen LogP contribution in [0.4, 0.5) is 13.2 Å². The quantitative estimate of drug-likeness (QED) is 0.307. The minimum atomic E-state index is -4.33. The lowest BCUT2D eigenvalue weighted by atomic mass is 9.94. The minimum Gasteiger partial charge on any atom is -0.357 e. The van der Waals surface area contributed by atoms with E-state index in [1.165, 1.54) is 12.1 Å². The fourth-order valence-electron chi connectivity index (χ4n) is 3.32. The molecule has 0 atom stereocenters. The number of halogens is 4. The third kappa shape index (κ3) is 6.08. The van der Waals surface area contributed by atoms with Gasteiger partial charge in [-0.1, -0.05) is 25.1 Å². The van der Waals surface area contributed by atoms with Gasteiger partial charge in [0.2, 0.25) is 0 Å². The fraction of sp³-hybridized carbons (Fsp3) is 0.550. The molecule has 1 aromatic heterocycles. The molecule has 1 fully saturated rings. The molecule has 1 aliphatic rings. The van der Waals surface area contributed by atoms with Crippen LogP contribution >= 0.6 is 24.0 Å². The SMILES string of the molecule is CCNC(=NCC1(c2cccc(C(F)(F)F)c2)CC1)NCCn1cnnc1CC.I. The van der Waals surface area contributed by atoms with Gasteiger partial charge in [-0.2, -0.15) is 13.2 Å². The molecule has 1 heterocycles. The first kappa shape index (κ1) is 24.4. The summed E-state index contributed by atoms with van der Waals surface area (Å²) in [6.07, 6.45) is -0.119. The summed E-state index contributed by atoms with van der Waals surface area (Å²) >= 11 is 0. The molecular weight excluding hydrogens is 508 g/mol. The summed E-state index contributed by atoms with van der Waals surface area (Å²) in [5, 5.41) is 14.5. The molecule has 2 N–H and O–H groups in total. The number of nitrogens with one attached hydrogen (secondary N) is 2. The smallest absolute Gasteiger partial charge is 0.357 e. The number of guanidine groups is 1. The van der Waals surface area contributed by atoms with Crippen molar-refractivity contribution in [2.45, 2.75) is 51.2 Å². The predicted octanol–water partition coefficient (Wildman–Crippen LogP) is 3.76. The van der Waals surface area contributed by atoms with Gasteiger partial charge in [0.15, 0.2) is 5.96 Å². The molecule has 0 aliphatic heterocycles. The molecule has 10 heteroatoms. The third-order valence-corrected chi connectivity index (χ3v) is 5.20. The summed E-state index contributed by atoms with van der Waals surface area (Å²) in [7, 11) is 0. The van der Waals surface area contributed by atoms with Crippen molar-refractivity contribution in [1.29, 1.82) is 0 Å². The molecule has 0 saturated heterocycles. The molecule has 30 heavy (non-hydrogen) atoms. The van der Waals surface area contributed by atoms with Crippen LogP contribution < -0.4 is 10.6 Å². The summed E-state index contributed by atoms with van der Waals surface area (Å²) in [4.78, 5) is 4.65. The molecule has 3 rings (SSSR count). The second kappa shape index (κ2) is 10.5. The maximum absolute atomic E-state index is 13.0. The van der Waals surface area contributed by atoms with Crippen LogP contribution in [-0.2, 0) is 24.6 Å². The van der Waals surface area contributed by atoms with E-state index in [4.69, 9.17) is 0 Å². The van der Waals surface area contributed by atoms with Crippen LogP contribution in [0.15, 0.2) is 35.6 Å². The van der Waals surface area contributed by atoms with Crippen molar-refractivity contribution < 1.29 is 13.2 Å². The monoisotopic (exact) mass is 536 g/mol. The zero-order valence-electron chi connectivity index (χ0n) is 17.2. The van der Waals surface area contributed by atoms with E-state index < -0.39 is 11.7 Å². The van der Waals surface area contributed by atoms with Crippen LogP contribution in [0, 0.1) is 0 Å². The fourth-order valence-corrected chi connectivity index (χ4v) is 3.32. The van der Waals surface area contributed by atoms with Crippen molar-refractivity contribution in [3.05, 3.63) is 47.5 Å². The number of hydrogen-bond acceptors (Lipinski definition) is 3. The highest BCUT2D eigenvalue weighted by Gasteiger charge is 2.45. The van der Waals surface area contributed by atoms with Gasteiger partial charge in [0.05, 0.1) is 12.1 Å². The Morgan fingerprint density at radius 3 is 2.63 bits per heavy atom. The molecule has 1 aliphatic carbocycles. The van der Waals surface area contributed by atoms with E-state index >= 15 is 0 Å². The number of aromatic nitrogens is 3. The highest BCUT2D eigenvalue weighted by Crippen LogP contribution is 2.49. The Bertz CT molecular complexity index is 845. The number of aliphatic imine (C=N–C) groups is 1. The van der Waals surface area contributed by atoms with E-state index in [0.29, 0.717) is 37.7 Å². The maximum atomic E-state index is 13.0. The second-order valence-corrected chi connectivity index (χ2v) is 7.27. The number of alkyl halides is 3. The summed E-state index contributed by atoms with van der Waals surface area (Å²) in [5.74, 6) is 1.59. The van der Waals surface area contributed by atoms with E-state index in [1.54, 1.807) is 12.4 Å². The van der Waals surface area contributed by atoms with Crippen molar-refractivity contribution in [2.24, 2.45) is 4.99 Å². The van der Waals surface area contributed by atoms with Gasteiger partial charge in [-0.15, -0.1) is 34.2 Å². The Morgan fingerprint density at radius 2 is 2.00 bits per heavy atom. The predicted molar refractivity (Wildman–Crippen MR) is 121 cm³/mol. The van der Waals surface area contributed by atoms with Crippen molar-refractivity contribution in [2.75, 3.05) is 19.6 Å². The summed E-state index contributed by atoms with van der Waals surface area (Å²) in [6.45, 7) is 6.52. The van der Waals surface area contributed by atoms with Crippen LogP contribution in [-0.4, -0.2) is 40.4 Å². The van der Waals surface area contributed by atoms with E-state index in [9.17, 15) is 13.2 Å². The minimum absolute atomic E-state index is 0. The van der Waals surface area contributed by atoms with Gasteiger partial charge in [0.25, 0.3) is 0 Å². The first-order valence-corrected chi connectivity index (χ1v) is 9.94. The lowest BCUT2D eigenvalue weighted by Gasteiger charge is -2.17. The molecule has 6 nitrogen and oxygen atoms in total. The van der Waals surface area contributed by atoms with Crippen LogP contribution in [0.25, 0.3) is 0 Å². The first-order valence-electron chi connectivity index (χ1n) is 9.94. The van der Waals surface area contributed by atoms with Crippen LogP contribution in [0.2, 0.25) is 0 Å². The summed E-state index contributed by atoms with van der Waals surface area (Å²) in [5.41, 5.74) is -0.187. The van der Waals surface area contributed by atoms with Gasteiger partial charge in [0, 0.05) is 31.5 Å². The van der Waals surface area contributed by atoms with Gasteiger partial charge in [-0.3, -0.25) is 4.99 Å². The lowest BCUT2D eigenvalue weighted by Crippen LogP contribution is -2.39. The summed E-state index contributed by atoms with van der Waals surface area (Å²) in [6, 6.07) is 5.64. The zero-order chi connectivity index (χ0) is 20.9. The normalized spacial score (nSPS) is 15.4. The number of aryl methyl sites for hydroxylation is 1. The van der Waals surface area contributed by atoms with Crippen LogP contribution in [0.3, 0.4) is 0 Å². The standard InChI is InChI=1S/C20H27F3N6.HI/c1-3-17-28-27-14-29(17)11-10-25-18(24-4-2)26-13-19(8-9-19)15-6-5-7-16(12-15)20(21,22)23;/h5-7,12,14H,3-4,8-11,13H2,1-2H3,(H2,24,25,26);1H. The van der Waals surface area contributed by atoms with Gasteiger partial charge in [0.1, 0.15) is 12.2 Å². The van der Waals surface area contributed by atoms with Crippen LogP contribution in [0.5, 0.6) is 0 Å². The average molecular weight is 536 g/mol. The Labute approximate surface area is 191 Å². The molecule has 166 valence electrons. The van der Waals surface area contributed by atoms with Gasteiger partial charge < -0.3 is 15.2 Å². The number of hydrogen-bond donors (Lipinski definition) is 2. The highest BCUT2D eigenvalue weighted by molar-refractivity contribution is 14.0. The number of rotatable bonds is 8. The molecular formula is C20H28F3IN6. The third-order valence-electron chi connectivity index (χ3n) is 5.20. The topological polar surface area (TPSA) is 67.1 Å². The molecule has 1 aromatic carbocycles. The Morgan fingerprint density at radius 1 is 1.23 bits per heavy atom. The Kier molecular flexibility index (Phi) is 8.51. The Hall–Kier alpha value is -1.85. The molecule has 0 amide bonds. The largest absolute Gasteiger partial charge is 0.416 e. The van der Waals surface area contributed by atoms with Crippen molar-refractivity contribution in [3.8, 4) is 0 Å². The molecule has 0 bridgehead atoms. The Balaban J connectivity index is 0.00000320. The molecule has 0 radical (unpaired) electrons. The van der Waals surface area contributed by atoms with E-state index in [-0.39, 0.29) is 29.4 Å². The second-order valence-electron chi connectivity index (χ2n) is 7.27. The number of nitrogens with zero attached hydrogens (tertiary/aromatic N) is 4. The molecule has 1 saturated carbocycles. The summed E-state index contributed by atoms with van der Waals surface area (Å²) < 4.78 is 41.1. The average Bonchev–Trinajstić information content (AvgIpc) is 3.36. The molecule has 0 spiro atoms. The molecule has 2 aromatic rings. The van der Waals surface area contributed by atoms with E-state index in [2.05, 4.69) is 25.8 Å². The van der Waals surface area contributed by atoms with E-state index in [1.807, 2.05) is 18.4 Å². The van der Waals surface area contributed by atoms with E-state index in [0.717, 1.165) is 31.2 Å². The lowest BCUT2D eigenvalue weighted by molar-refractivity contribution is -0.137. The first-order chi connectivity index (χ1) is 13.9. The highest BCUT2D eigenvalue weighted by atomic mass is 127. The van der Waals surface area contributed by atoms with Gasteiger partial charge in [-0.05, 0) is 31.4 Å². The zero-order valence-corrected chi connectivity index (χ0v) is 19.5. The van der Waals surface area contributed by atoms with Crippen molar-refractivity contribution in [3.63, 3.8) is 0 Å². The van der Waals surface area contributed by atoms with Crippen molar-refractivity contribution in [1.82, 2.24) is 25.4 Å². The van der Waals surface area contributed by atoms with Crippen LogP contribution in [0.1, 0.15) is 43.6 Å². The number of benzene rings is 1. The van der Waals surface area contributed by atoms with Gasteiger partial charge in [-0.25, -0.2) is 0 Å².